The van der Waals surface area contributed by atoms with Gasteiger partial charge in [-0.05, 0) is 66.1 Å². The van der Waals surface area contributed by atoms with E-state index in [9.17, 15) is 9.59 Å². The maximum absolute atomic E-state index is 12.9. The lowest BCUT2D eigenvalue weighted by atomic mass is 9.95. The smallest absolute Gasteiger partial charge is 0.261 e. The Hall–Kier alpha value is -3.52. The number of H-pyrrole nitrogens is 1. The fourth-order valence-corrected chi connectivity index (χ4v) is 5.48. The molecule has 1 aromatic carbocycles. The highest BCUT2D eigenvalue weighted by Gasteiger charge is 2.19. The number of thiophene rings is 1. The van der Waals surface area contributed by atoms with Gasteiger partial charge in [0.15, 0.2) is 0 Å². The summed E-state index contributed by atoms with van der Waals surface area (Å²) >= 11 is 1.45. The first-order chi connectivity index (χ1) is 17.1. The number of carbonyl (C=O) groups is 2. The fourth-order valence-electron chi connectivity index (χ4n) is 4.66. The molecular formula is C27H29N5O2S. The summed E-state index contributed by atoms with van der Waals surface area (Å²) in [6.45, 7) is 2.04. The average molecular weight is 488 g/mol. The van der Waals surface area contributed by atoms with Gasteiger partial charge in [0.05, 0.1) is 22.6 Å². The molecule has 35 heavy (non-hydrogen) atoms. The third-order valence-corrected chi connectivity index (χ3v) is 7.60. The second-order valence-electron chi connectivity index (χ2n) is 9.12. The van der Waals surface area contributed by atoms with Crippen LogP contribution in [0.5, 0.6) is 0 Å². The van der Waals surface area contributed by atoms with Gasteiger partial charge in [0.25, 0.3) is 11.8 Å². The lowest BCUT2D eigenvalue weighted by Crippen LogP contribution is -2.35. The molecular weight excluding hydrogens is 458 g/mol. The van der Waals surface area contributed by atoms with E-state index in [2.05, 4.69) is 25.8 Å². The quantitative estimate of drug-likeness (QED) is 0.314. The molecule has 3 N–H and O–H groups in total. The standard InChI is InChI=1S/C27H29N5O2S/c1-2-23(31-26(33)17-8-9-24-20(10-17)15-29-32-24)19-11-18(13-28-14-19)21-12-25(35-16-21)27(34)30-22-6-4-3-5-7-22/h8-16,22-23H,2-7H2,1H3,(H,29,32)(H,30,34)(H,31,33). The van der Waals surface area contributed by atoms with Crippen molar-refractivity contribution in [1.29, 1.82) is 0 Å². The topological polar surface area (TPSA) is 99.8 Å². The van der Waals surface area contributed by atoms with Gasteiger partial charge < -0.3 is 10.6 Å². The average Bonchev–Trinajstić information content (AvgIpc) is 3.57. The van der Waals surface area contributed by atoms with Crippen molar-refractivity contribution in [3.05, 3.63) is 70.3 Å². The molecule has 3 aromatic heterocycles. The first kappa shape index (κ1) is 23.2. The van der Waals surface area contributed by atoms with Gasteiger partial charge in [-0.15, -0.1) is 11.3 Å². The summed E-state index contributed by atoms with van der Waals surface area (Å²) in [5.41, 5.74) is 4.32. The van der Waals surface area contributed by atoms with Crippen molar-refractivity contribution in [1.82, 2.24) is 25.8 Å². The van der Waals surface area contributed by atoms with Crippen LogP contribution in [0.2, 0.25) is 0 Å². The van der Waals surface area contributed by atoms with Crippen LogP contribution in [0.4, 0.5) is 0 Å². The van der Waals surface area contributed by atoms with E-state index in [1.165, 1.54) is 30.6 Å². The molecule has 8 heteroatoms. The molecule has 1 aliphatic rings. The summed E-state index contributed by atoms with van der Waals surface area (Å²) < 4.78 is 0. The summed E-state index contributed by atoms with van der Waals surface area (Å²) in [5.74, 6) is -0.131. The second-order valence-corrected chi connectivity index (χ2v) is 10.0. The third-order valence-electron chi connectivity index (χ3n) is 6.67. The van der Waals surface area contributed by atoms with Crippen molar-refractivity contribution in [2.45, 2.75) is 57.5 Å². The number of benzene rings is 1. The van der Waals surface area contributed by atoms with Gasteiger partial charge in [0.2, 0.25) is 0 Å². The zero-order valence-electron chi connectivity index (χ0n) is 19.7. The number of hydrogen-bond donors (Lipinski definition) is 3. The van der Waals surface area contributed by atoms with E-state index >= 15 is 0 Å². The summed E-state index contributed by atoms with van der Waals surface area (Å²) in [6, 6.07) is 9.58. The number of fused-ring (bicyclic) bond motifs is 1. The number of hydrogen-bond acceptors (Lipinski definition) is 5. The Labute approximate surface area is 208 Å². The van der Waals surface area contributed by atoms with Crippen molar-refractivity contribution in [3.8, 4) is 11.1 Å². The first-order valence-electron chi connectivity index (χ1n) is 12.2. The van der Waals surface area contributed by atoms with Crippen LogP contribution in [0.3, 0.4) is 0 Å². The highest BCUT2D eigenvalue weighted by atomic mass is 32.1. The molecule has 1 saturated carbocycles. The largest absolute Gasteiger partial charge is 0.349 e. The highest BCUT2D eigenvalue weighted by molar-refractivity contribution is 7.12. The molecule has 1 aliphatic carbocycles. The zero-order chi connectivity index (χ0) is 24.2. The minimum atomic E-state index is -0.178. The Balaban J connectivity index is 1.29. The van der Waals surface area contributed by atoms with Crippen molar-refractivity contribution < 1.29 is 9.59 Å². The lowest BCUT2D eigenvalue weighted by molar-refractivity contribution is 0.0925. The minimum Gasteiger partial charge on any atom is -0.349 e. The molecule has 1 unspecified atom stereocenters. The van der Waals surface area contributed by atoms with Gasteiger partial charge in [-0.1, -0.05) is 26.2 Å². The van der Waals surface area contributed by atoms with Gasteiger partial charge in [-0.3, -0.25) is 19.7 Å². The monoisotopic (exact) mass is 487 g/mol. The van der Waals surface area contributed by atoms with Crippen LogP contribution in [0.1, 0.15) is 77.1 Å². The third kappa shape index (κ3) is 5.27. The van der Waals surface area contributed by atoms with Crippen molar-refractivity contribution in [2.24, 2.45) is 0 Å². The number of nitrogens with one attached hydrogen (secondary N) is 3. The predicted molar refractivity (Wildman–Crippen MR) is 138 cm³/mol. The molecule has 180 valence electrons. The van der Waals surface area contributed by atoms with Gasteiger partial charge in [0.1, 0.15) is 0 Å². The summed E-state index contributed by atoms with van der Waals surface area (Å²) in [7, 11) is 0. The Bertz CT molecular complexity index is 1340. The molecule has 1 fully saturated rings. The number of carbonyl (C=O) groups excluding carboxylic acids is 2. The molecule has 0 radical (unpaired) electrons. The van der Waals surface area contributed by atoms with Crippen LogP contribution in [0.15, 0.2) is 54.3 Å². The molecule has 0 aliphatic heterocycles. The number of amides is 2. The number of aromatic nitrogens is 3. The van der Waals surface area contributed by atoms with Crippen molar-refractivity contribution >= 4 is 34.1 Å². The fraction of sp³-hybridized carbons (Fsp3) is 0.333. The van der Waals surface area contributed by atoms with Crippen LogP contribution in [0.25, 0.3) is 22.0 Å². The predicted octanol–water partition coefficient (Wildman–Crippen LogP) is 5.63. The molecule has 3 heterocycles. The molecule has 2 amide bonds. The number of nitrogens with zero attached hydrogens (tertiary/aromatic N) is 2. The van der Waals surface area contributed by atoms with E-state index in [1.807, 2.05) is 36.6 Å². The molecule has 1 atom stereocenters. The van der Waals surface area contributed by atoms with E-state index in [1.54, 1.807) is 24.7 Å². The van der Waals surface area contributed by atoms with Gasteiger partial charge in [0, 0.05) is 34.9 Å². The maximum Gasteiger partial charge on any atom is 0.261 e. The zero-order valence-corrected chi connectivity index (χ0v) is 20.5. The SMILES string of the molecule is CCC(NC(=O)c1ccc2[nH]ncc2c1)c1cncc(-c2csc(C(=O)NC3CCCCC3)c2)c1. The van der Waals surface area contributed by atoms with Crippen LogP contribution in [-0.2, 0) is 0 Å². The molecule has 0 saturated heterocycles. The van der Waals surface area contributed by atoms with Gasteiger partial charge in [-0.2, -0.15) is 5.10 Å². The van der Waals surface area contributed by atoms with E-state index in [0.717, 1.165) is 46.9 Å². The van der Waals surface area contributed by atoms with E-state index in [4.69, 9.17) is 0 Å². The Morgan fingerprint density at radius 3 is 2.74 bits per heavy atom. The molecule has 7 nitrogen and oxygen atoms in total. The van der Waals surface area contributed by atoms with Crippen molar-refractivity contribution in [3.63, 3.8) is 0 Å². The van der Waals surface area contributed by atoms with Crippen LogP contribution >= 0.6 is 11.3 Å². The van der Waals surface area contributed by atoms with Crippen LogP contribution in [0, 0.1) is 0 Å². The Morgan fingerprint density at radius 2 is 1.91 bits per heavy atom. The summed E-state index contributed by atoms with van der Waals surface area (Å²) in [4.78, 5) is 30.8. The summed E-state index contributed by atoms with van der Waals surface area (Å²) in [6.07, 6.45) is 11.8. The normalized spacial score (nSPS) is 15.1. The van der Waals surface area contributed by atoms with Crippen molar-refractivity contribution in [2.75, 3.05) is 0 Å². The summed E-state index contributed by atoms with van der Waals surface area (Å²) in [5, 5.41) is 16.1. The number of aromatic amines is 1. The molecule has 0 spiro atoms. The Morgan fingerprint density at radius 1 is 1.06 bits per heavy atom. The molecule has 4 aromatic rings. The first-order valence-corrected chi connectivity index (χ1v) is 13.1. The number of rotatable bonds is 7. The second kappa shape index (κ2) is 10.4. The van der Waals surface area contributed by atoms with E-state index in [0.29, 0.717) is 10.4 Å². The van der Waals surface area contributed by atoms with E-state index < -0.39 is 0 Å². The molecule has 0 bridgehead atoms. The maximum atomic E-state index is 12.9. The molecule has 5 rings (SSSR count). The van der Waals surface area contributed by atoms with Crippen LogP contribution < -0.4 is 10.6 Å². The van der Waals surface area contributed by atoms with Gasteiger partial charge >= 0.3 is 0 Å². The lowest BCUT2D eigenvalue weighted by Gasteiger charge is -2.22. The minimum absolute atomic E-state index is 0.00514. The number of pyridine rings is 1. The van der Waals surface area contributed by atoms with Crippen LogP contribution in [-0.4, -0.2) is 33.0 Å². The van der Waals surface area contributed by atoms with E-state index in [-0.39, 0.29) is 23.9 Å². The highest BCUT2D eigenvalue weighted by Crippen LogP contribution is 2.28. The Kier molecular flexibility index (Phi) is 6.90. The van der Waals surface area contributed by atoms with Gasteiger partial charge in [-0.25, -0.2) is 0 Å².